The number of ether oxygens (including phenoxy) is 5. The number of β-amino-alcohol motifs (C(OH)–C–C–N with tert-alkyl or cyclic N) is 1. The van der Waals surface area contributed by atoms with E-state index in [2.05, 4.69) is 56.8 Å². The highest BCUT2D eigenvalue weighted by Crippen LogP contribution is 2.42. The average Bonchev–Trinajstić information content (AvgIpc) is 1.60. The Morgan fingerprint density at radius 1 is 0.754 bits per heavy atom. The number of benzene rings is 3. The van der Waals surface area contributed by atoms with Crippen LogP contribution in [0.1, 0.15) is 81.1 Å². The molecular formula is C74H100N12O26S2. The van der Waals surface area contributed by atoms with Gasteiger partial charge in [-0.25, -0.2) is 19.1 Å². The van der Waals surface area contributed by atoms with E-state index in [0.717, 1.165) is 114 Å². The van der Waals surface area contributed by atoms with E-state index in [1.54, 1.807) is 30.0 Å². The van der Waals surface area contributed by atoms with Crippen molar-refractivity contribution < 1.29 is 126 Å². The van der Waals surface area contributed by atoms with Crippen LogP contribution in [0.4, 0.5) is 15.3 Å². The summed E-state index contributed by atoms with van der Waals surface area (Å²) < 4.78 is 62.7. The quantitative estimate of drug-likeness (QED) is 0.0129. The third-order valence-corrected chi connectivity index (χ3v) is 21.1. The van der Waals surface area contributed by atoms with Gasteiger partial charge >= 0.3 is 12.2 Å². The van der Waals surface area contributed by atoms with Crippen molar-refractivity contribution in [1.82, 2.24) is 55.9 Å². The van der Waals surface area contributed by atoms with Crippen LogP contribution in [-0.4, -0.2) is 308 Å². The van der Waals surface area contributed by atoms with Crippen molar-refractivity contribution >= 4 is 86.7 Å². The summed E-state index contributed by atoms with van der Waals surface area (Å²) in [5, 5.41) is 108. The average molecular weight is 1640 g/mol. The predicted octanol–water partition coefficient (Wildman–Crippen LogP) is 0.462. The third-order valence-electron chi connectivity index (χ3n) is 19.8. The topological polar surface area (TPSA) is 535 Å². The second kappa shape index (κ2) is 41.2. The van der Waals surface area contributed by atoms with Crippen molar-refractivity contribution in [2.75, 3.05) is 90.9 Å². The molecule has 4 fully saturated rings. The summed E-state index contributed by atoms with van der Waals surface area (Å²) in [7, 11) is 1.70. The highest BCUT2D eigenvalue weighted by Gasteiger charge is 2.50. The molecule has 40 heteroatoms. The van der Waals surface area contributed by atoms with Crippen LogP contribution in [-0.2, 0) is 54.1 Å². The molecule has 624 valence electrons. The monoisotopic (exact) mass is 1640 g/mol. The number of nitrogens with one attached hydrogen (secondary N) is 5. The Labute approximate surface area is 661 Å². The van der Waals surface area contributed by atoms with Gasteiger partial charge in [0.05, 0.1) is 73.9 Å². The van der Waals surface area contributed by atoms with Crippen molar-refractivity contribution in [3.8, 4) is 33.3 Å². The number of carbonyl (C=O) groups is 9. The smallest absolute Gasteiger partial charge is 0.445 e. The normalized spacial score (nSPS) is 23.4. The first kappa shape index (κ1) is 88.4. The van der Waals surface area contributed by atoms with E-state index in [1.807, 2.05) is 12.1 Å². The van der Waals surface area contributed by atoms with Crippen molar-refractivity contribution in [3.05, 3.63) is 109 Å². The van der Waals surface area contributed by atoms with Crippen molar-refractivity contribution in [1.29, 1.82) is 0 Å². The first-order valence-corrected chi connectivity index (χ1v) is 39.3. The lowest BCUT2D eigenvalue weighted by molar-refractivity contribution is -0.147. The van der Waals surface area contributed by atoms with Crippen LogP contribution < -0.4 is 40.4 Å². The Morgan fingerprint density at radius 3 is 2.07 bits per heavy atom. The number of imidazole rings is 1. The molecular weight excluding hydrogens is 1540 g/mol. The number of piperidine rings is 1. The first-order chi connectivity index (χ1) is 54.4. The van der Waals surface area contributed by atoms with E-state index in [4.69, 9.17) is 38.0 Å². The second-order valence-electron chi connectivity index (χ2n) is 28.1. The molecule has 114 heavy (non-hydrogen) atoms. The molecule has 13 atom stereocenters. The summed E-state index contributed by atoms with van der Waals surface area (Å²) in [5.41, 5.74) is 2.84. The third kappa shape index (κ3) is 23.4. The fourth-order valence-electron chi connectivity index (χ4n) is 13.7. The van der Waals surface area contributed by atoms with E-state index >= 15 is 9.59 Å². The lowest BCUT2D eigenvalue weighted by atomic mass is 9.98. The van der Waals surface area contributed by atoms with Gasteiger partial charge in [0.1, 0.15) is 54.5 Å². The Balaban J connectivity index is 0.989. The van der Waals surface area contributed by atoms with Gasteiger partial charge in [-0.2, -0.15) is 5.10 Å². The zero-order valence-corrected chi connectivity index (χ0v) is 64.6. The molecule has 0 radical (unpaired) electrons. The minimum absolute atomic E-state index is 0.0319. The lowest BCUT2D eigenvalue weighted by Gasteiger charge is -2.35. The number of unbranched alkanes of at least 4 members (excludes halogenated alkanes) is 2. The lowest BCUT2D eigenvalue weighted by Crippen LogP contribution is -2.64. The molecule has 4 aliphatic heterocycles. The number of hydrogen-bond donors (Lipinski definition) is 16. The minimum atomic E-state index is -4.93. The predicted molar refractivity (Wildman–Crippen MR) is 409 cm³/mol. The van der Waals surface area contributed by atoms with Gasteiger partial charge < -0.3 is 115 Å². The van der Waals surface area contributed by atoms with Crippen LogP contribution in [0, 0.1) is 5.92 Å². The molecule has 0 saturated carbocycles. The number of anilines is 1. The van der Waals surface area contributed by atoms with E-state index in [0.29, 0.717) is 16.2 Å². The number of carbonyl (C=O) groups excluding carboxylic acids is 9. The fourth-order valence-corrected chi connectivity index (χ4v) is 14.9. The van der Waals surface area contributed by atoms with Gasteiger partial charge in [-0.3, -0.25) is 47.2 Å². The van der Waals surface area contributed by atoms with Crippen molar-refractivity contribution in [2.45, 2.75) is 157 Å². The maximum atomic E-state index is 15.4. The first-order valence-electron chi connectivity index (χ1n) is 37.1. The molecule has 9 rings (SSSR count). The fraction of sp³-hybridized carbons (Fsp3) is 0.527. The van der Waals surface area contributed by atoms with Crippen LogP contribution in [0.15, 0.2) is 98.2 Å². The van der Waals surface area contributed by atoms with Gasteiger partial charge in [0.25, 0.3) is 17.1 Å². The van der Waals surface area contributed by atoms with Gasteiger partial charge in [-0.15, -0.1) is 0 Å². The van der Waals surface area contributed by atoms with Gasteiger partial charge in [-0.1, -0.05) is 61.8 Å². The summed E-state index contributed by atoms with van der Waals surface area (Å²) in [4.78, 5) is 140. The van der Waals surface area contributed by atoms with Gasteiger partial charge in [0.2, 0.25) is 40.4 Å². The molecule has 8 amide bonds. The van der Waals surface area contributed by atoms with Crippen LogP contribution in [0.5, 0.6) is 11.5 Å². The van der Waals surface area contributed by atoms with Crippen LogP contribution >= 0.6 is 22.5 Å². The van der Waals surface area contributed by atoms with Crippen LogP contribution in [0.3, 0.4) is 0 Å². The highest BCUT2D eigenvalue weighted by molar-refractivity contribution is 8.15. The second-order valence-corrected chi connectivity index (χ2v) is 30.2. The SMILES string of the molecule is C=CCOC(=O)Oc1ccc(C[C@@H](O)[C@@H]2NC(=O)[C@@H]3C[C@@H](O)CN3C(=O)[C@H]([C@@H](C)O)NC(=O)C(NC(=O)c3ccc(-c4cn5nc(-c6ccc(N7CCC(OCCCCCOC)CC7)cc6)sc5n4)cc3)C[C@@H](O)CNC(=O)[C@@H]3[C@@H](O)[C@@H](C)CN3C(=O)[C@H]([C@H](O)CCN(C(=O)OCC=C)C(CO)CO)NC2=O)cc1OS(O)(O)O. The van der Waals surface area contributed by atoms with E-state index < -0.39 is 226 Å². The van der Waals surface area contributed by atoms with E-state index in [1.165, 1.54) is 42.5 Å². The highest BCUT2D eigenvalue weighted by atomic mass is 32.3. The molecule has 4 aliphatic rings. The number of amides is 8. The largest absolute Gasteiger partial charge is 0.514 e. The molecule has 6 heterocycles. The molecule has 3 aromatic carbocycles. The van der Waals surface area contributed by atoms with E-state index in [9.17, 15) is 88.1 Å². The number of aliphatic hydroxyl groups is 8. The van der Waals surface area contributed by atoms with E-state index in [-0.39, 0.29) is 30.4 Å². The number of methoxy groups -OCH3 is 1. The molecule has 0 aliphatic carbocycles. The maximum absolute atomic E-state index is 15.4. The number of nitrogens with zero attached hydrogens (tertiary/aromatic N) is 7. The minimum Gasteiger partial charge on any atom is -0.445 e. The molecule has 1 unspecified atom stereocenters. The summed E-state index contributed by atoms with van der Waals surface area (Å²) in [6.07, 6.45) is -7.60. The Kier molecular flexibility index (Phi) is 31.9. The standard InChI is InChI=1S/C74H100N12O26S2/c1-6-27-109-73(102)83(48(39-87)40-88)26-23-55(92)61-71(101)85-36-41(3)63(94)62(85)68(99)75-35-49(90)33-52(76-64(95)45-14-12-44(13-15-45)53-38-86-72(77-53)113-69(81-86)46-16-18-47(19-17-46)82-24-21-51(22-25-82)108-30-10-8-9-29-107-5)65(96)78-59(42(4)89)70(100)84-37-50(91)34-54(84)66(97)79-60(67(98)80-61)56(93)31-43-11-20-57(111-74(103)110-28-7-2)58(32-43)112-114(104,105)106/h6-7,11-20,32,38,41-42,48-52,54-56,59-63,87-94,104-106H,1-2,8-10,21-31,33-37,39-40H2,3-5H3,(H,75,99)(H,76,95)(H,78,96)(H,79,97)(H,80,98)/t41-,42+,49+,50+,52?,54-,55+,56+,59-,60-,61-,62-,63-/m0/s1. The van der Waals surface area contributed by atoms with Crippen molar-refractivity contribution in [2.24, 2.45) is 5.92 Å². The number of hydrogen-bond acceptors (Lipinski definition) is 30. The zero-order valence-electron chi connectivity index (χ0n) is 63.0. The number of aliphatic hydroxyl groups excluding tert-OH is 8. The molecule has 0 spiro atoms. The summed E-state index contributed by atoms with van der Waals surface area (Å²) in [6.45, 7) is 7.58. The summed E-state index contributed by atoms with van der Waals surface area (Å²) >= 11 is -3.56. The number of fused-ring (bicyclic) bond motifs is 3. The number of aromatic nitrogens is 3. The molecule has 38 nitrogen and oxygen atoms in total. The number of rotatable bonds is 30. The Bertz CT molecular complexity index is 4110. The van der Waals surface area contributed by atoms with Gasteiger partial charge in [-0.05, 0) is 99.5 Å². The molecule has 4 saturated heterocycles. The van der Waals surface area contributed by atoms with Crippen LogP contribution in [0.2, 0.25) is 0 Å². The Morgan fingerprint density at radius 2 is 1.41 bits per heavy atom. The Hall–Kier alpha value is -9.50. The summed E-state index contributed by atoms with van der Waals surface area (Å²) in [6, 6.07) is 3.41. The van der Waals surface area contributed by atoms with Gasteiger partial charge in [0.15, 0.2) is 11.5 Å². The zero-order chi connectivity index (χ0) is 82.7. The summed E-state index contributed by atoms with van der Waals surface area (Å²) in [5.74, 6) is -11.1. The van der Waals surface area contributed by atoms with Gasteiger partial charge in [0, 0.05) is 107 Å². The molecule has 0 bridgehead atoms. The molecule has 2 aromatic heterocycles. The maximum Gasteiger partial charge on any atom is 0.514 e. The molecule has 16 N–H and O–H groups in total. The van der Waals surface area contributed by atoms with Crippen LogP contribution in [0.25, 0.3) is 26.8 Å². The van der Waals surface area contributed by atoms with Crippen molar-refractivity contribution in [3.63, 3.8) is 0 Å². The molecule has 5 aromatic rings.